The number of thiophene rings is 1. The fraction of sp³-hybridized carbons (Fsp3) is 0.167. The van der Waals surface area contributed by atoms with Crippen molar-refractivity contribution >= 4 is 43.2 Å². The van der Waals surface area contributed by atoms with Crippen molar-refractivity contribution < 1.29 is 13.9 Å². The minimum absolute atomic E-state index is 0.0226. The van der Waals surface area contributed by atoms with Crippen molar-refractivity contribution in [2.24, 2.45) is 0 Å². The fourth-order valence-electron chi connectivity index (χ4n) is 1.56. The van der Waals surface area contributed by atoms with E-state index in [-0.39, 0.29) is 4.47 Å². The number of hydrogen-bond donors (Lipinski definition) is 1. The van der Waals surface area contributed by atoms with E-state index in [0.717, 1.165) is 15.4 Å². The van der Waals surface area contributed by atoms with Crippen LogP contribution in [0.3, 0.4) is 0 Å². The lowest BCUT2D eigenvalue weighted by molar-refractivity contribution is 0.178. The molecule has 1 unspecified atom stereocenters. The Hall–Kier alpha value is -0.300. The highest BCUT2D eigenvalue weighted by atomic mass is 79.9. The molecule has 1 aromatic carbocycles. The normalized spacial score (nSPS) is 12.7. The highest BCUT2D eigenvalue weighted by Gasteiger charge is 2.18. The standard InChI is InChI=1S/C12H8Br2F2OS/c13-6-3-7(18-5-6)4-10(17)8-1-2-9(15)12(16)11(8)14/h1-3,5,10,17H,4H2. The molecule has 0 aliphatic heterocycles. The third-order valence-electron chi connectivity index (χ3n) is 2.44. The SMILES string of the molecule is OC(Cc1cc(Br)cs1)c1ccc(F)c(F)c1Br. The summed E-state index contributed by atoms with van der Waals surface area (Å²) >= 11 is 7.79. The Morgan fingerprint density at radius 2 is 2.00 bits per heavy atom. The van der Waals surface area contributed by atoms with Gasteiger partial charge in [0.2, 0.25) is 0 Å². The summed E-state index contributed by atoms with van der Waals surface area (Å²) in [5.41, 5.74) is 0.346. The Bertz CT molecular complexity index is 571. The first-order valence-electron chi connectivity index (χ1n) is 5.03. The lowest BCUT2D eigenvalue weighted by Gasteiger charge is -2.12. The fourth-order valence-corrected chi connectivity index (χ4v) is 3.63. The minimum atomic E-state index is -0.973. The Morgan fingerprint density at radius 1 is 1.28 bits per heavy atom. The summed E-state index contributed by atoms with van der Waals surface area (Å²) < 4.78 is 27.2. The summed E-state index contributed by atoms with van der Waals surface area (Å²) in [4.78, 5) is 0.964. The molecule has 0 amide bonds. The molecule has 6 heteroatoms. The number of hydrogen-bond acceptors (Lipinski definition) is 2. The second kappa shape index (κ2) is 5.77. The molecule has 0 fully saturated rings. The van der Waals surface area contributed by atoms with Crippen LogP contribution in [0.25, 0.3) is 0 Å². The summed E-state index contributed by atoms with van der Waals surface area (Å²) in [5.74, 6) is -1.91. The number of halogens is 4. The van der Waals surface area contributed by atoms with Crippen molar-refractivity contribution in [3.63, 3.8) is 0 Å². The predicted octanol–water partition coefficient (Wildman–Crippen LogP) is 4.83. The zero-order valence-electron chi connectivity index (χ0n) is 8.96. The Labute approximate surface area is 124 Å². The van der Waals surface area contributed by atoms with Crippen LogP contribution in [0.4, 0.5) is 8.78 Å². The van der Waals surface area contributed by atoms with E-state index in [9.17, 15) is 13.9 Å². The third kappa shape index (κ3) is 2.99. The molecule has 0 spiro atoms. The molecule has 2 aromatic rings. The van der Waals surface area contributed by atoms with Crippen LogP contribution in [0.2, 0.25) is 0 Å². The molecule has 0 saturated carbocycles. The van der Waals surface area contributed by atoms with Crippen LogP contribution in [0.15, 0.2) is 32.5 Å². The molecule has 1 nitrogen and oxygen atoms in total. The first-order chi connectivity index (χ1) is 8.49. The van der Waals surface area contributed by atoms with Gasteiger partial charge in [0.1, 0.15) is 0 Å². The van der Waals surface area contributed by atoms with Gasteiger partial charge in [0.25, 0.3) is 0 Å². The molecule has 0 saturated heterocycles. The van der Waals surface area contributed by atoms with Gasteiger partial charge in [-0.25, -0.2) is 8.78 Å². The van der Waals surface area contributed by atoms with Gasteiger partial charge in [-0.1, -0.05) is 6.07 Å². The molecule has 1 N–H and O–H groups in total. The second-order valence-electron chi connectivity index (χ2n) is 3.72. The smallest absolute Gasteiger partial charge is 0.173 e. The zero-order valence-corrected chi connectivity index (χ0v) is 12.9. The second-order valence-corrected chi connectivity index (χ2v) is 6.42. The van der Waals surface area contributed by atoms with Crippen LogP contribution < -0.4 is 0 Å². The van der Waals surface area contributed by atoms with Gasteiger partial charge in [0.05, 0.1) is 10.6 Å². The predicted molar refractivity (Wildman–Crippen MR) is 74.7 cm³/mol. The first-order valence-corrected chi connectivity index (χ1v) is 7.50. The molecule has 0 aliphatic rings. The molecule has 96 valence electrons. The van der Waals surface area contributed by atoms with E-state index >= 15 is 0 Å². The Kier molecular flexibility index (Phi) is 4.53. The van der Waals surface area contributed by atoms with Crippen LogP contribution in [-0.4, -0.2) is 5.11 Å². The summed E-state index contributed by atoms with van der Waals surface area (Å²) in [7, 11) is 0. The highest BCUT2D eigenvalue weighted by molar-refractivity contribution is 9.10. The van der Waals surface area contributed by atoms with E-state index in [1.807, 2.05) is 11.4 Å². The maximum Gasteiger partial charge on any atom is 0.173 e. The van der Waals surface area contributed by atoms with Crippen LogP contribution in [0.5, 0.6) is 0 Å². The molecule has 0 bridgehead atoms. The van der Waals surface area contributed by atoms with E-state index < -0.39 is 17.7 Å². The van der Waals surface area contributed by atoms with Gasteiger partial charge in [-0.05, 0) is 49.6 Å². The quantitative estimate of drug-likeness (QED) is 0.735. The topological polar surface area (TPSA) is 20.2 Å². The van der Waals surface area contributed by atoms with E-state index in [1.165, 1.54) is 17.4 Å². The highest BCUT2D eigenvalue weighted by Crippen LogP contribution is 2.31. The zero-order chi connectivity index (χ0) is 13.3. The minimum Gasteiger partial charge on any atom is -0.388 e. The first kappa shape index (κ1) is 14.1. The monoisotopic (exact) mass is 396 g/mol. The van der Waals surface area contributed by atoms with Crippen molar-refractivity contribution in [2.45, 2.75) is 12.5 Å². The summed E-state index contributed by atoms with van der Waals surface area (Å²) in [6.07, 6.45) is -0.514. The van der Waals surface area contributed by atoms with Crippen molar-refractivity contribution in [1.29, 1.82) is 0 Å². The van der Waals surface area contributed by atoms with Crippen molar-refractivity contribution in [3.8, 4) is 0 Å². The van der Waals surface area contributed by atoms with E-state index in [1.54, 1.807) is 0 Å². The van der Waals surface area contributed by atoms with Gasteiger partial charge in [0, 0.05) is 21.2 Å². The van der Waals surface area contributed by atoms with Crippen molar-refractivity contribution in [2.75, 3.05) is 0 Å². The maximum absolute atomic E-state index is 13.4. The van der Waals surface area contributed by atoms with E-state index in [0.29, 0.717) is 12.0 Å². The molecule has 2 rings (SSSR count). The summed E-state index contributed by atoms with van der Waals surface area (Å²) in [5, 5.41) is 12.0. The van der Waals surface area contributed by atoms with Gasteiger partial charge in [-0.15, -0.1) is 11.3 Å². The number of rotatable bonds is 3. The average Bonchev–Trinajstić information content (AvgIpc) is 2.71. The maximum atomic E-state index is 13.4. The largest absolute Gasteiger partial charge is 0.388 e. The van der Waals surface area contributed by atoms with Crippen LogP contribution in [-0.2, 0) is 6.42 Å². The molecule has 0 aliphatic carbocycles. The van der Waals surface area contributed by atoms with Crippen LogP contribution in [0.1, 0.15) is 16.5 Å². The lowest BCUT2D eigenvalue weighted by Crippen LogP contribution is -2.03. The van der Waals surface area contributed by atoms with E-state index in [4.69, 9.17) is 0 Å². The van der Waals surface area contributed by atoms with Crippen LogP contribution >= 0.6 is 43.2 Å². The lowest BCUT2D eigenvalue weighted by atomic mass is 10.1. The number of aliphatic hydroxyl groups is 1. The van der Waals surface area contributed by atoms with E-state index in [2.05, 4.69) is 31.9 Å². The van der Waals surface area contributed by atoms with Crippen LogP contribution in [0, 0.1) is 11.6 Å². The molecule has 18 heavy (non-hydrogen) atoms. The molecule has 1 atom stereocenters. The summed E-state index contributed by atoms with van der Waals surface area (Å²) in [6.45, 7) is 0. The molecule has 1 aromatic heterocycles. The Morgan fingerprint density at radius 3 is 2.61 bits per heavy atom. The Balaban J connectivity index is 2.24. The van der Waals surface area contributed by atoms with Gasteiger partial charge < -0.3 is 5.11 Å². The molecule has 0 radical (unpaired) electrons. The third-order valence-corrected chi connectivity index (χ3v) is 4.97. The number of aliphatic hydroxyl groups excluding tert-OH is 1. The average molecular weight is 398 g/mol. The summed E-state index contributed by atoms with van der Waals surface area (Å²) in [6, 6.07) is 4.29. The van der Waals surface area contributed by atoms with Gasteiger partial charge >= 0.3 is 0 Å². The van der Waals surface area contributed by atoms with Gasteiger partial charge in [-0.2, -0.15) is 0 Å². The van der Waals surface area contributed by atoms with Gasteiger partial charge in [0.15, 0.2) is 11.6 Å². The van der Waals surface area contributed by atoms with Crippen molar-refractivity contribution in [3.05, 3.63) is 54.6 Å². The van der Waals surface area contributed by atoms with Crippen molar-refractivity contribution in [1.82, 2.24) is 0 Å². The number of benzene rings is 1. The van der Waals surface area contributed by atoms with Gasteiger partial charge in [-0.3, -0.25) is 0 Å². The molecular weight excluding hydrogens is 390 g/mol. The molecular formula is C12H8Br2F2OS. The molecule has 1 heterocycles.